The molecule has 0 radical (unpaired) electrons. The van der Waals surface area contributed by atoms with Crippen molar-refractivity contribution in [3.05, 3.63) is 69.7 Å². The molecule has 0 spiro atoms. The van der Waals surface area contributed by atoms with Gasteiger partial charge in [0.05, 0.1) is 11.6 Å². The zero-order valence-electron chi connectivity index (χ0n) is 16.3. The minimum Gasteiger partial charge on any atom is -0.343 e. The molecule has 2 rings (SSSR count). The van der Waals surface area contributed by atoms with Crippen molar-refractivity contribution < 1.29 is 4.79 Å². The van der Waals surface area contributed by atoms with Crippen LogP contribution in [-0.4, -0.2) is 30.4 Å². The molecule has 1 atom stereocenters. The first-order chi connectivity index (χ1) is 12.4. The van der Waals surface area contributed by atoms with Crippen molar-refractivity contribution in [2.24, 2.45) is 0 Å². The molecule has 4 heteroatoms. The van der Waals surface area contributed by atoms with Crippen molar-refractivity contribution in [2.75, 3.05) is 14.1 Å². The molecule has 0 aliphatic rings. The van der Waals surface area contributed by atoms with E-state index in [1.807, 2.05) is 43.3 Å². The molecule has 0 saturated carbocycles. The molecule has 1 N–H and O–H groups in total. The van der Waals surface area contributed by atoms with Crippen LogP contribution in [0.5, 0.6) is 0 Å². The van der Waals surface area contributed by atoms with Crippen molar-refractivity contribution in [1.82, 2.24) is 10.2 Å². The van der Waals surface area contributed by atoms with Gasteiger partial charge in [-0.3, -0.25) is 4.79 Å². The van der Waals surface area contributed by atoms with Gasteiger partial charge in [-0.25, -0.2) is 0 Å². The molecule has 1 amide bonds. The standard InChI is InChI=1S/C22H29BrN2O/c1-6-22(7-2,25(4)5)20(17-13-9-8-10-14-17)24-21(26)19-16(3)12-11-15-18(19)23/h8-15,20H,6-7H2,1-5H3,(H,24,26). The summed E-state index contributed by atoms with van der Waals surface area (Å²) in [4.78, 5) is 15.5. The molecule has 1 unspecified atom stereocenters. The van der Waals surface area contributed by atoms with Gasteiger partial charge < -0.3 is 10.2 Å². The highest BCUT2D eigenvalue weighted by Gasteiger charge is 2.40. The van der Waals surface area contributed by atoms with Crippen LogP contribution in [0, 0.1) is 6.92 Å². The van der Waals surface area contributed by atoms with Crippen molar-refractivity contribution in [2.45, 2.75) is 45.2 Å². The summed E-state index contributed by atoms with van der Waals surface area (Å²) >= 11 is 3.54. The normalized spacial score (nSPS) is 12.9. The maximum Gasteiger partial charge on any atom is 0.253 e. The van der Waals surface area contributed by atoms with Gasteiger partial charge in [-0.1, -0.05) is 56.3 Å². The van der Waals surface area contributed by atoms with E-state index in [0.29, 0.717) is 5.56 Å². The molecule has 0 fully saturated rings. The SMILES string of the molecule is CCC(CC)(C(NC(=O)c1c(C)cccc1Br)c1ccccc1)N(C)C. The topological polar surface area (TPSA) is 32.3 Å². The van der Waals surface area contributed by atoms with Crippen molar-refractivity contribution >= 4 is 21.8 Å². The minimum atomic E-state index is -0.161. The third-order valence-electron chi connectivity index (χ3n) is 5.51. The number of rotatable bonds is 7. The predicted molar refractivity (Wildman–Crippen MR) is 113 cm³/mol. The van der Waals surface area contributed by atoms with Crippen LogP contribution < -0.4 is 5.32 Å². The Bertz CT molecular complexity index is 719. The number of nitrogens with zero attached hydrogens (tertiary/aromatic N) is 1. The molecule has 0 saturated heterocycles. The summed E-state index contributed by atoms with van der Waals surface area (Å²) in [5.74, 6) is -0.0445. The molecule has 0 aliphatic carbocycles. The summed E-state index contributed by atoms with van der Waals surface area (Å²) in [5, 5.41) is 3.34. The van der Waals surface area contributed by atoms with Crippen molar-refractivity contribution in [3.8, 4) is 0 Å². The first-order valence-electron chi connectivity index (χ1n) is 9.15. The molecule has 0 heterocycles. The summed E-state index contributed by atoms with van der Waals surface area (Å²) in [6.45, 7) is 6.35. The third-order valence-corrected chi connectivity index (χ3v) is 6.17. The lowest BCUT2D eigenvalue weighted by Crippen LogP contribution is -2.54. The number of hydrogen-bond donors (Lipinski definition) is 1. The molecule has 0 bridgehead atoms. The molecule has 0 aromatic heterocycles. The number of carbonyl (C=O) groups is 1. The second-order valence-electron chi connectivity index (χ2n) is 6.95. The average Bonchev–Trinajstić information content (AvgIpc) is 2.62. The van der Waals surface area contributed by atoms with Crippen LogP contribution in [0.3, 0.4) is 0 Å². The molecule has 2 aromatic carbocycles. The van der Waals surface area contributed by atoms with E-state index >= 15 is 0 Å². The fraction of sp³-hybridized carbons (Fsp3) is 0.409. The number of hydrogen-bond acceptors (Lipinski definition) is 2. The highest BCUT2D eigenvalue weighted by Crippen LogP contribution is 2.36. The van der Waals surface area contributed by atoms with Crippen LogP contribution in [0.1, 0.15) is 54.2 Å². The third kappa shape index (κ3) is 4.02. The van der Waals surface area contributed by atoms with Crippen molar-refractivity contribution in [1.29, 1.82) is 0 Å². The quantitative estimate of drug-likeness (QED) is 0.659. The van der Waals surface area contributed by atoms with E-state index in [4.69, 9.17) is 0 Å². The summed E-state index contributed by atoms with van der Waals surface area (Å²) in [6.07, 6.45) is 1.87. The summed E-state index contributed by atoms with van der Waals surface area (Å²) in [6, 6.07) is 16.0. The molecular weight excluding hydrogens is 388 g/mol. The Morgan fingerprint density at radius 2 is 1.69 bits per heavy atom. The van der Waals surface area contributed by atoms with Gasteiger partial charge in [0.1, 0.15) is 0 Å². The first-order valence-corrected chi connectivity index (χ1v) is 9.95. The number of aryl methyl sites for hydroxylation is 1. The molecule has 2 aromatic rings. The minimum absolute atomic E-state index is 0.0445. The Morgan fingerprint density at radius 3 is 2.19 bits per heavy atom. The Morgan fingerprint density at radius 1 is 1.08 bits per heavy atom. The van der Waals surface area contributed by atoms with Crippen LogP contribution >= 0.6 is 15.9 Å². The van der Waals surface area contributed by atoms with Gasteiger partial charge in [0, 0.05) is 10.0 Å². The van der Waals surface area contributed by atoms with E-state index in [2.05, 4.69) is 66.2 Å². The summed E-state index contributed by atoms with van der Waals surface area (Å²) in [5.41, 5.74) is 2.63. The molecule has 140 valence electrons. The van der Waals surface area contributed by atoms with Crippen LogP contribution in [0.2, 0.25) is 0 Å². The van der Waals surface area contributed by atoms with Crippen LogP contribution in [0.25, 0.3) is 0 Å². The molecule has 26 heavy (non-hydrogen) atoms. The van der Waals surface area contributed by atoms with Gasteiger partial charge in [-0.05, 0) is 67.0 Å². The highest BCUT2D eigenvalue weighted by atomic mass is 79.9. The molecule has 0 aliphatic heterocycles. The van der Waals surface area contributed by atoms with Gasteiger partial charge in [0.15, 0.2) is 0 Å². The number of carbonyl (C=O) groups excluding carboxylic acids is 1. The van der Waals surface area contributed by atoms with Gasteiger partial charge in [-0.2, -0.15) is 0 Å². The predicted octanol–water partition coefficient (Wildman–Crippen LogP) is 5.35. The highest BCUT2D eigenvalue weighted by molar-refractivity contribution is 9.10. The lowest BCUT2D eigenvalue weighted by molar-refractivity contribution is 0.0701. The number of benzene rings is 2. The number of halogens is 1. The van der Waals surface area contributed by atoms with E-state index in [1.54, 1.807) is 0 Å². The van der Waals surface area contributed by atoms with Gasteiger partial charge in [0.2, 0.25) is 0 Å². The lowest BCUT2D eigenvalue weighted by Gasteiger charge is -2.45. The monoisotopic (exact) mass is 416 g/mol. The number of amides is 1. The van der Waals surface area contributed by atoms with Gasteiger partial charge in [0.25, 0.3) is 5.91 Å². The van der Waals surface area contributed by atoms with Crippen LogP contribution in [0.15, 0.2) is 53.0 Å². The zero-order valence-corrected chi connectivity index (χ0v) is 17.9. The maximum atomic E-state index is 13.2. The van der Waals surface area contributed by atoms with Crippen LogP contribution in [0.4, 0.5) is 0 Å². The Balaban J connectivity index is 2.50. The van der Waals surface area contributed by atoms with Gasteiger partial charge in [-0.15, -0.1) is 0 Å². The molecule has 3 nitrogen and oxygen atoms in total. The van der Waals surface area contributed by atoms with E-state index in [1.165, 1.54) is 0 Å². The smallest absolute Gasteiger partial charge is 0.253 e. The Hall–Kier alpha value is -1.65. The van der Waals surface area contributed by atoms with Crippen LogP contribution in [-0.2, 0) is 0 Å². The van der Waals surface area contributed by atoms with Crippen molar-refractivity contribution in [3.63, 3.8) is 0 Å². The second-order valence-corrected chi connectivity index (χ2v) is 7.81. The van der Waals surface area contributed by atoms with E-state index < -0.39 is 0 Å². The Kier molecular flexibility index (Phi) is 7.01. The van der Waals surface area contributed by atoms with Gasteiger partial charge >= 0.3 is 0 Å². The lowest BCUT2D eigenvalue weighted by atomic mass is 9.79. The number of nitrogens with one attached hydrogen (secondary N) is 1. The maximum absolute atomic E-state index is 13.2. The fourth-order valence-corrected chi connectivity index (χ4v) is 4.49. The summed E-state index contributed by atoms with van der Waals surface area (Å²) in [7, 11) is 4.19. The first kappa shape index (κ1) is 20.7. The summed E-state index contributed by atoms with van der Waals surface area (Å²) < 4.78 is 0.824. The van der Waals surface area contributed by atoms with E-state index in [9.17, 15) is 4.79 Å². The largest absolute Gasteiger partial charge is 0.343 e. The van der Waals surface area contributed by atoms with E-state index in [0.717, 1.165) is 28.4 Å². The average molecular weight is 417 g/mol. The second kappa shape index (κ2) is 8.83. The zero-order chi connectivity index (χ0) is 19.3. The Labute approximate surface area is 165 Å². The van der Waals surface area contributed by atoms with E-state index in [-0.39, 0.29) is 17.5 Å². The molecular formula is C22H29BrN2O. The number of likely N-dealkylation sites (N-methyl/N-ethyl adjacent to an activating group) is 1. The fourth-order valence-electron chi connectivity index (χ4n) is 3.85.